The van der Waals surface area contributed by atoms with Crippen molar-refractivity contribution in [3.63, 3.8) is 0 Å². The van der Waals surface area contributed by atoms with E-state index in [4.69, 9.17) is 5.21 Å². The fourth-order valence-corrected chi connectivity index (χ4v) is 1.25. The van der Waals surface area contributed by atoms with Crippen molar-refractivity contribution in [2.45, 2.75) is 0 Å². The monoisotopic (exact) mass is 214 g/mol. The molecule has 0 unspecified atom stereocenters. The Kier molecular flexibility index (Phi) is 2.82. The van der Waals surface area contributed by atoms with E-state index in [0.717, 1.165) is 4.73 Å². The molecule has 0 aliphatic rings. The summed E-state index contributed by atoms with van der Waals surface area (Å²) >= 11 is 0. The lowest BCUT2D eigenvalue weighted by molar-refractivity contribution is 0.0998. The quantitative estimate of drug-likeness (QED) is 0.731. The third-order valence-corrected chi connectivity index (χ3v) is 2.05. The second-order valence-electron chi connectivity index (χ2n) is 3.22. The van der Waals surface area contributed by atoms with Crippen LogP contribution in [0.5, 0.6) is 0 Å². The van der Waals surface area contributed by atoms with Crippen LogP contribution in [-0.4, -0.2) is 15.8 Å². The summed E-state index contributed by atoms with van der Waals surface area (Å²) in [5.41, 5.74) is 0.545. The van der Waals surface area contributed by atoms with Crippen LogP contribution in [0, 0.1) is 0 Å². The van der Waals surface area contributed by atoms with Crippen LogP contribution in [0.2, 0.25) is 0 Å². The molecule has 0 saturated heterocycles. The molecule has 1 aromatic carbocycles. The van der Waals surface area contributed by atoms with Crippen LogP contribution in [-0.2, 0) is 0 Å². The van der Waals surface area contributed by atoms with E-state index >= 15 is 0 Å². The van der Waals surface area contributed by atoms with Crippen molar-refractivity contribution >= 4 is 5.91 Å². The average molecular weight is 214 g/mol. The fraction of sp³-hybridized carbons (Fsp3) is 0. The second kappa shape index (κ2) is 4.44. The predicted octanol–water partition coefficient (Wildman–Crippen LogP) is 1.47. The van der Waals surface area contributed by atoms with Crippen LogP contribution in [0.15, 0.2) is 59.9 Å². The number of rotatable bonds is 1. The van der Waals surface area contributed by atoms with Gasteiger partial charge in [-0.1, -0.05) is 18.2 Å². The fourth-order valence-electron chi connectivity index (χ4n) is 1.25. The number of nitrogens with zero attached hydrogens (tertiary/aromatic N) is 2. The van der Waals surface area contributed by atoms with Crippen molar-refractivity contribution in [1.29, 1.82) is 0 Å². The van der Waals surface area contributed by atoms with E-state index in [-0.39, 0.29) is 5.91 Å². The number of carbonyl (C=O) groups is 1. The van der Waals surface area contributed by atoms with Gasteiger partial charge >= 0.3 is 0 Å². The van der Waals surface area contributed by atoms with Gasteiger partial charge in [0.05, 0.1) is 5.36 Å². The molecule has 1 heterocycles. The summed E-state index contributed by atoms with van der Waals surface area (Å²) in [6.45, 7) is 0. The maximum absolute atomic E-state index is 11.7. The largest absolute Gasteiger partial charge is 0.429 e. The molecule has 1 amide bonds. The number of amides is 1. The summed E-state index contributed by atoms with van der Waals surface area (Å²) < 4.78 is 0.895. The average Bonchev–Trinajstić information content (AvgIpc) is 2.33. The molecule has 0 atom stereocenters. The molecule has 0 spiro atoms. The highest BCUT2D eigenvalue weighted by Crippen LogP contribution is 1.99. The standard InChI is InChI=1S/C12H10N2O2/c15-12(10-4-2-1-3-5-10)13-11-6-8-14(16)9-7-11/h1-9,16H. The number of benzene rings is 1. The number of hydrogen-bond acceptors (Lipinski definition) is 2. The first-order valence-electron chi connectivity index (χ1n) is 4.77. The Morgan fingerprint density at radius 1 is 1.06 bits per heavy atom. The molecule has 0 aliphatic heterocycles. The highest BCUT2D eigenvalue weighted by atomic mass is 16.5. The molecule has 16 heavy (non-hydrogen) atoms. The molecule has 1 N–H and O–H groups in total. The molecule has 0 radical (unpaired) electrons. The number of pyridine rings is 1. The molecule has 4 heteroatoms. The highest BCUT2D eigenvalue weighted by Gasteiger charge is 2.00. The molecule has 4 nitrogen and oxygen atoms in total. The van der Waals surface area contributed by atoms with Gasteiger partial charge in [-0.3, -0.25) is 4.79 Å². The van der Waals surface area contributed by atoms with E-state index in [1.807, 2.05) is 6.07 Å². The van der Waals surface area contributed by atoms with Crippen LogP contribution >= 0.6 is 0 Å². The SMILES string of the molecule is O=C(N=c1ccn(O)cc1)c1ccccc1. The summed E-state index contributed by atoms with van der Waals surface area (Å²) in [5.74, 6) is -0.295. The minimum absolute atomic E-state index is 0.295. The van der Waals surface area contributed by atoms with Crippen molar-refractivity contribution in [2.75, 3.05) is 0 Å². The van der Waals surface area contributed by atoms with Crippen LogP contribution in [0.1, 0.15) is 10.4 Å². The molecule has 80 valence electrons. The Hall–Kier alpha value is -2.36. The molecule has 1 aromatic heterocycles. The molecule has 0 aliphatic carbocycles. The zero-order valence-corrected chi connectivity index (χ0v) is 8.45. The Bertz CT molecular complexity index is 538. The lowest BCUT2D eigenvalue weighted by Crippen LogP contribution is -2.07. The van der Waals surface area contributed by atoms with Crippen LogP contribution < -0.4 is 5.36 Å². The number of carbonyl (C=O) groups excluding carboxylic acids is 1. The Balaban J connectivity index is 2.31. The second-order valence-corrected chi connectivity index (χ2v) is 3.22. The molecule has 0 fully saturated rings. The van der Waals surface area contributed by atoms with Gasteiger partial charge in [0, 0.05) is 18.0 Å². The van der Waals surface area contributed by atoms with Gasteiger partial charge in [-0.15, -0.1) is 0 Å². The minimum Gasteiger partial charge on any atom is -0.429 e. The van der Waals surface area contributed by atoms with Gasteiger partial charge in [0.25, 0.3) is 5.91 Å². The molecule has 2 aromatic rings. The Morgan fingerprint density at radius 3 is 2.31 bits per heavy atom. The van der Waals surface area contributed by atoms with Crippen molar-refractivity contribution in [2.24, 2.45) is 4.99 Å². The van der Waals surface area contributed by atoms with E-state index in [0.29, 0.717) is 10.9 Å². The Morgan fingerprint density at radius 2 is 1.69 bits per heavy atom. The summed E-state index contributed by atoms with van der Waals surface area (Å²) in [7, 11) is 0. The topological polar surface area (TPSA) is 54.6 Å². The molecule has 0 saturated carbocycles. The van der Waals surface area contributed by atoms with E-state index in [1.165, 1.54) is 12.4 Å². The summed E-state index contributed by atoms with van der Waals surface area (Å²) in [6, 6.07) is 11.9. The highest BCUT2D eigenvalue weighted by molar-refractivity contribution is 5.94. The van der Waals surface area contributed by atoms with Gasteiger partial charge in [-0.05, 0) is 24.3 Å². The van der Waals surface area contributed by atoms with E-state index in [9.17, 15) is 4.79 Å². The van der Waals surface area contributed by atoms with Crippen molar-refractivity contribution < 1.29 is 10.0 Å². The van der Waals surface area contributed by atoms with Crippen LogP contribution in [0.4, 0.5) is 0 Å². The first-order chi connectivity index (χ1) is 7.75. The smallest absolute Gasteiger partial charge is 0.277 e. The zero-order valence-electron chi connectivity index (χ0n) is 8.45. The third kappa shape index (κ3) is 2.36. The van der Waals surface area contributed by atoms with Crippen molar-refractivity contribution in [3.05, 3.63) is 65.8 Å². The van der Waals surface area contributed by atoms with Gasteiger partial charge < -0.3 is 5.21 Å². The predicted molar refractivity (Wildman–Crippen MR) is 58.0 cm³/mol. The summed E-state index contributed by atoms with van der Waals surface area (Å²) in [4.78, 5) is 15.6. The van der Waals surface area contributed by atoms with Crippen LogP contribution in [0.25, 0.3) is 0 Å². The van der Waals surface area contributed by atoms with E-state index < -0.39 is 0 Å². The third-order valence-electron chi connectivity index (χ3n) is 2.05. The molecule has 2 rings (SSSR count). The van der Waals surface area contributed by atoms with Gasteiger partial charge in [-0.2, -0.15) is 0 Å². The number of aromatic nitrogens is 1. The minimum atomic E-state index is -0.295. The van der Waals surface area contributed by atoms with Gasteiger partial charge in [0.2, 0.25) is 0 Å². The maximum Gasteiger partial charge on any atom is 0.277 e. The van der Waals surface area contributed by atoms with E-state index in [1.54, 1.807) is 36.4 Å². The molecular weight excluding hydrogens is 204 g/mol. The first kappa shape index (κ1) is 10.2. The van der Waals surface area contributed by atoms with Gasteiger partial charge in [-0.25, -0.2) is 9.72 Å². The van der Waals surface area contributed by atoms with E-state index in [2.05, 4.69) is 4.99 Å². The van der Waals surface area contributed by atoms with Crippen molar-refractivity contribution in [1.82, 2.24) is 4.73 Å². The van der Waals surface area contributed by atoms with Crippen LogP contribution in [0.3, 0.4) is 0 Å². The van der Waals surface area contributed by atoms with Crippen molar-refractivity contribution in [3.8, 4) is 0 Å². The summed E-state index contributed by atoms with van der Waals surface area (Å²) in [5, 5.41) is 9.51. The summed E-state index contributed by atoms with van der Waals surface area (Å²) in [6.07, 6.45) is 2.83. The lowest BCUT2D eigenvalue weighted by atomic mass is 10.2. The zero-order chi connectivity index (χ0) is 11.4. The van der Waals surface area contributed by atoms with Gasteiger partial charge in [0.15, 0.2) is 0 Å². The maximum atomic E-state index is 11.7. The Labute approximate surface area is 92.1 Å². The van der Waals surface area contributed by atoms with Gasteiger partial charge in [0.1, 0.15) is 0 Å². The first-order valence-corrected chi connectivity index (χ1v) is 4.77. The molecular formula is C12H10N2O2. The lowest BCUT2D eigenvalue weighted by Gasteiger charge is -1.95. The number of hydrogen-bond donors (Lipinski definition) is 1. The normalized spacial score (nSPS) is 9.75. The molecule has 0 bridgehead atoms.